The fourth-order valence-electron chi connectivity index (χ4n) is 2.92. The van der Waals surface area contributed by atoms with Crippen LogP contribution in [0.25, 0.3) is 0 Å². The van der Waals surface area contributed by atoms with Crippen molar-refractivity contribution in [2.24, 2.45) is 0 Å². The van der Waals surface area contributed by atoms with E-state index in [0.717, 1.165) is 36.4 Å². The Labute approximate surface area is 129 Å². The van der Waals surface area contributed by atoms with Crippen molar-refractivity contribution in [2.75, 3.05) is 13.1 Å². The first kappa shape index (κ1) is 14.6. The third kappa shape index (κ3) is 3.28. The van der Waals surface area contributed by atoms with Crippen LogP contribution < -0.4 is 0 Å². The molecule has 4 nitrogen and oxygen atoms in total. The van der Waals surface area contributed by atoms with Gasteiger partial charge in [-0.25, -0.2) is 0 Å². The van der Waals surface area contributed by atoms with Gasteiger partial charge in [-0.15, -0.1) is 0 Å². The number of rotatable bonds is 4. The van der Waals surface area contributed by atoms with E-state index in [1.165, 1.54) is 0 Å². The fourth-order valence-corrected chi connectivity index (χ4v) is 3.05. The van der Waals surface area contributed by atoms with Crippen molar-refractivity contribution in [1.82, 2.24) is 10.1 Å². The molecule has 1 aromatic carbocycles. The molecule has 0 radical (unpaired) electrons. The van der Waals surface area contributed by atoms with Crippen molar-refractivity contribution < 1.29 is 9.63 Å². The Kier molecular flexibility index (Phi) is 4.29. The zero-order valence-electron chi connectivity index (χ0n) is 12.0. The van der Waals surface area contributed by atoms with Crippen LogP contribution in [0.1, 0.15) is 42.0 Å². The molecule has 3 rings (SSSR count). The van der Waals surface area contributed by atoms with Crippen LogP contribution in [0.2, 0.25) is 5.02 Å². The van der Waals surface area contributed by atoms with Gasteiger partial charge in [0.1, 0.15) is 0 Å². The molecule has 0 amide bonds. The second kappa shape index (κ2) is 6.18. The van der Waals surface area contributed by atoms with Crippen LogP contribution in [0.3, 0.4) is 0 Å². The molecule has 0 spiro atoms. The lowest BCUT2D eigenvalue weighted by molar-refractivity contribution is 0.0983. The van der Waals surface area contributed by atoms with E-state index in [1.54, 1.807) is 12.1 Å². The van der Waals surface area contributed by atoms with E-state index in [0.29, 0.717) is 11.6 Å². The molecule has 2 atom stereocenters. The van der Waals surface area contributed by atoms with Gasteiger partial charge < -0.3 is 9.63 Å². The SMILES string of the molecule is Cc1cc([C@@H]2CCCN2C[C@@H](O)c2ccc(Cl)cc2)on1. The molecule has 2 heterocycles. The van der Waals surface area contributed by atoms with Gasteiger partial charge in [0.05, 0.1) is 17.8 Å². The van der Waals surface area contributed by atoms with Crippen molar-refractivity contribution >= 4 is 11.6 Å². The summed E-state index contributed by atoms with van der Waals surface area (Å²) in [6.07, 6.45) is 1.63. The Balaban J connectivity index is 1.69. The van der Waals surface area contributed by atoms with Crippen LogP contribution in [0.4, 0.5) is 0 Å². The van der Waals surface area contributed by atoms with Crippen molar-refractivity contribution in [1.29, 1.82) is 0 Å². The zero-order chi connectivity index (χ0) is 14.8. The molecule has 0 bridgehead atoms. The van der Waals surface area contributed by atoms with Crippen LogP contribution in [-0.4, -0.2) is 28.3 Å². The van der Waals surface area contributed by atoms with E-state index < -0.39 is 6.10 Å². The predicted molar refractivity (Wildman–Crippen MR) is 81.2 cm³/mol. The summed E-state index contributed by atoms with van der Waals surface area (Å²) in [7, 11) is 0. The summed E-state index contributed by atoms with van der Waals surface area (Å²) in [5, 5.41) is 15.1. The molecule has 1 aliphatic rings. The van der Waals surface area contributed by atoms with Gasteiger partial charge in [-0.05, 0) is 44.0 Å². The first-order chi connectivity index (χ1) is 10.1. The van der Waals surface area contributed by atoms with E-state index >= 15 is 0 Å². The van der Waals surface area contributed by atoms with Crippen LogP contribution in [-0.2, 0) is 0 Å². The van der Waals surface area contributed by atoms with Crippen molar-refractivity contribution in [3.05, 3.63) is 52.4 Å². The average Bonchev–Trinajstić information content (AvgIpc) is 3.08. The van der Waals surface area contributed by atoms with E-state index in [1.807, 2.05) is 25.1 Å². The smallest absolute Gasteiger partial charge is 0.154 e. The highest BCUT2D eigenvalue weighted by Crippen LogP contribution is 2.33. The van der Waals surface area contributed by atoms with Gasteiger partial charge in [0.2, 0.25) is 0 Å². The van der Waals surface area contributed by atoms with Crippen molar-refractivity contribution in [2.45, 2.75) is 31.9 Å². The van der Waals surface area contributed by atoms with Crippen molar-refractivity contribution in [3.63, 3.8) is 0 Å². The minimum atomic E-state index is -0.521. The minimum Gasteiger partial charge on any atom is -0.387 e. The standard InChI is InChI=1S/C16H19ClN2O2/c1-11-9-16(21-18-11)14-3-2-8-19(14)10-15(20)12-4-6-13(17)7-5-12/h4-7,9,14-15,20H,2-3,8,10H2,1H3/t14-,15+/m0/s1. The van der Waals surface area contributed by atoms with Gasteiger partial charge in [-0.3, -0.25) is 4.90 Å². The molecule has 21 heavy (non-hydrogen) atoms. The molecule has 1 aromatic heterocycles. The Morgan fingerprint density at radius 1 is 1.43 bits per heavy atom. The number of aromatic nitrogens is 1. The van der Waals surface area contributed by atoms with Gasteiger partial charge >= 0.3 is 0 Å². The molecular formula is C16H19ClN2O2. The third-order valence-corrected chi connectivity index (χ3v) is 4.25. The maximum atomic E-state index is 10.4. The molecule has 1 N–H and O–H groups in total. The summed E-state index contributed by atoms with van der Waals surface area (Å²) in [6.45, 7) is 3.48. The van der Waals surface area contributed by atoms with Gasteiger partial charge in [-0.1, -0.05) is 28.9 Å². The Morgan fingerprint density at radius 3 is 2.86 bits per heavy atom. The lowest BCUT2D eigenvalue weighted by atomic mass is 10.1. The number of β-amino-alcohol motifs (C(OH)–C–C–N with tert-alkyl or cyclic N) is 1. The Hall–Kier alpha value is -1.36. The highest BCUT2D eigenvalue weighted by molar-refractivity contribution is 6.30. The molecule has 1 fully saturated rings. The largest absolute Gasteiger partial charge is 0.387 e. The summed E-state index contributed by atoms with van der Waals surface area (Å²) in [6, 6.07) is 9.56. The quantitative estimate of drug-likeness (QED) is 0.939. The molecule has 1 saturated heterocycles. The van der Waals surface area contributed by atoms with Gasteiger partial charge in [0.15, 0.2) is 5.76 Å². The fraction of sp³-hybridized carbons (Fsp3) is 0.438. The van der Waals surface area contributed by atoms with E-state index in [-0.39, 0.29) is 6.04 Å². The molecule has 0 aliphatic carbocycles. The molecule has 2 aromatic rings. The molecule has 0 saturated carbocycles. The third-order valence-electron chi connectivity index (χ3n) is 4.00. The monoisotopic (exact) mass is 306 g/mol. The first-order valence-electron chi connectivity index (χ1n) is 7.24. The lowest BCUT2D eigenvalue weighted by Gasteiger charge is -2.25. The van der Waals surface area contributed by atoms with E-state index in [4.69, 9.17) is 16.1 Å². The Bertz CT molecular complexity index is 597. The van der Waals surface area contributed by atoms with Crippen LogP contribution in [0.5, 0.6) is 0 Å². The lowest BCUT2D eigenvalue weighted by Crippen LogP contribution is -2.28. The van der Waals surface area contributed by atoms with Gasteiger partial charge in [0.25, 0.3) is 0 Å². The summed E-state index contributed by atoms with van der Waals surface area (Å²) < 4.78 is 5.39. The van der Waals surface area contributed by atoms with Gasteiger partial charge in [-0.2, -0.15) is 0 Å². The van der Waals surface area contributed by atoms with E-state index in [2.05, 4.69) is 10.1 Å². The number of likely N-dealkylation sites (tertiary alicyclic amines) is 1. The van der Waals surface area contributed by atoms with Crippen LogP contribution in [0.15, 0.2) is 34.9 Å². The van der Waals surface area contributed by atoms with E-state index in [9.17, 15) is 5.11 Å². The number of aryl methyl sites for hydroxylation is 1. The molecule has 112 valence electrons. The summed E-state index contributed by atoms with van der Waals surface area (Å²) >= 11 is 5.88. The number of aliphatic hydroxyl groups is 1. The summed E-state index contributed by atoms with van der Waals surface area (Å²) in [5.74, 6) is 0.897. The van der Waals surface area contributed by atoms with Crippen molar-refractivity contribution in [3.8, 4) is 0 Å². The minimum absolute atomic E-state index is 0.216. The predicted octanol–water partition coefficient (Wildman–Crippen LogP) is 3.51. The normalized spacial score (nSPS) is 20.8. The zero-order valence-corrected chi connectivity index (χ0v) is 12.8. The van der Waals surface area contributed by atoms with Crippen LogP contribution >= 0.6 is 11.6 Å². The molecule has 0 unspecified atom stereocenters. The number of benzene rings is 1. The molecule has 1 aliphatic heterocycles. The summed E-state index contributed by atoms with van der Waals surface area (Å²) in [4.78, 5) is 2.26. The number of hydrogen-bond acceptors (Lipinski definition) is 4. The maximum Gasteiger partial charge on any atom is 0.154 e. The highest BCUT2D eigenvalue weighted by Gasteiger charge is 2.30. The average molecular weight is 307 g/mol. The molecule has 5 heteroatoms. The van der Waals surface area contributed by atoms with Crippen LogP contribution in [0, 0.1) is 6.92 Å². The number of hydrogen-bond donors (Lipinski definition) is 1. The maximum absolute atomic E-state index is 10.4. The molecular weight excluding hydrogens is 288 g/mol. The van der Waals surface area contributed by atoms with Gasteiger partial charge in [0, 0.05) is 17.6 Å². The highest BCUT2D eigenvalue weighted by atomic mass is 35.5. The number of halogens is 1. The second-order valence-electron chi connectivity index (χ2n) is 5.59. The Morgan fingerprint density at radius 2 is 2.19 bits per heavy atom. The first-order valence-corrected chi connectivity index (χ1v) is 7.62. The topological polar surface area (TPSA) is 49.5 Å². The number of nitrogens with zero attached hydrogens (tertiary/aromatic N) is 2. The number of aliphatic hydroxyl groups excluding tert-OH is 1. The summed E-state index contributed by atoms with van der Waals surface area (Å²) in [5.41, 5.74) is 1.79. The second-order valence-corrected chi connectivity index (χ2v) is 6.03.